The minimum atomic E-state index is -0.592. The first-order valence-corrected chi connectivity index (χ1v) is 15.1. The van der Waals surface area contributed by atoms with Crippen molar-refractivity contribution in [2.75, 3.05) is 18.2 Å². The van der Waals surface area contributed by atoms with Gasteiger partial charge in [-0.2, -0.15) is 0 Å². The highest BCUT2D eigenvalue weighted by atomic mass is 32.2. The first-order valence-electron chi connectivity index (χ1n) is 14.1. The van der Waals surface area contributed by atoms with Crippen LogP contribution in [0, 0.1) is 0 Å². The summed E-state index contributed by atoms with van der Waals surface area (Å²) < 4.78 is 18.4. The number of methoxy groups -OCH3 is 1. The van der Waals surface area contributed by atoms with E-state index in [2.05, 4.69) is 5.32 Å². The number of carbonyl (C=O) groups excluding carboxylic acids is 2. The molecule has 0 aromatic heterocycles. The van der Waals surface area contributed by atoms with Gasteiger partial charge in [-0.25, -0.2) is 5.48 Å². The predicted octanol–water partition coefficient (Wildman–Crippen LogP) is 5.92. The van der Waals surface area contributed by atoms with Crippen molar-refractivity contribution in [3.05, 3.63) is 89.5 Å². The van der Waals surface area contributed by atoms with Gasteiger partial charge in [0, 0.05) is 41.2 Å². The third-order valence-corrected chi connectivity index (χ3v) is 8.19. The molecule has 0 radical (unpaired) electrons. The number of benzene rings is 3. The van der Waals surface area contributed by atoms with Gasteiger partial charge >= 0.3 is 0 Å². The van der Waals surface area contributed by atoms with E-state index in [1.807, 2.05) is 72.8 Å². The van der Waals surface area contributed by atoms with Crippen LogP contribution < -0.4 is 15.5 Å². The molecule has 0 unspecified atom stereocenters. The molecule has 3 aromatic carbocycles. The van der Waals surface area contributed by atoms with Crippen LogP contribution in [0.25, 0.3) is 0 Å². The van der Waals surface area contributed by atoms with Gasteiger partial charge in [0.05, 0.1) is 25.9 Å². The van der Waals surface area contributed by atoms with E-state index in [-0.39, 0.29) is 31.1 Å². The number of hydrogen-bond acceptors (Lipinski definition) is 8. The number of hydrogen-bond donors (Lipinski definition) is 4. The summed E-state index contributed by atoms with van der Waals surface area (Å²) in [6.07, 6.45) is 2.37. The Labute approximate surface area is 250 Å². The highest BCUT2D eigenvalue weighted by Crippen LogP contribution is 2.40. The van der Waals surface area contributed by atoms with Crippen molar-refractivity contribution in [2.24, 2.45) is 0 Å². The molecular weight excluding hydrogens is 556 g/mol. The average molecular weight is 595 g/mol. The van der Waals surface area contributed by atoms with Gasteiger partial charge in [0.2, 0.25) is 11.8 Å². The SMILES string of the molecule is COc1ccccc1SC[C@@H]1C[C@H](c2ccc(CO)cc2)O[C@H](c2ccc(NC(=O)CCCCCC(=O)NO)cc2)O1. The molecule has 9 nitrogen and oxygen atoms in total. The number of amides is 2. The van der Waals surface area contributed by atoms with E-state index in [1.165, 1.54) is 0 Å². The Morgan fingerprint density at radius 1 is 0.905 bits per heavy atom. The van der Waals surface area contributed by atoms with E-state index in [4.69, 9.17) is 19.4 Å². The van der Waals surface area contributed by atoms with Gasteiger partial charge in [-0.3, -0.25) is 14.8 Å². The molecule has 1 aliphatic heterocycles. The lowest BCUT2D eigenvalue weighted by Gasteiger charge is -2.36. The largest absolute Gasteiger partial charge is 0.496 e. The van der Waals surface area contributed by atoms with Crippen LogP contribution in [-0.4, -0.2) is 41.1 Å². The second-order valence-corrected chi connectivity index (χ2v) is 11.1. The lowest BCUT2D eigenvalue weighted by Crippen LogP contribution is -2.31. The lowest BCUT2D eigenvalue weighted by molar-refractivity contribution is -0.245. The van der Waals surface area contributed by atoms with E-state index in [9.17, 15) is 14.7 Å². The highest BCUT2D eigenvalue weighted by Gasteiger charge is 2.32. The number of carbonyl (C=O) groups is 2. The summed E-state index contributed by atoms with van der Waals surface area (Å²) in [5.41, 5.74) is 5.00. The maximum Gasteiger partial charge on any atom is 0.243 e. The Bertz CT molecular complexity index is 1290. The van der Waals surface area contributed by atoms with E-state index in [0.29, 0.717) is 37.1 Å². The van der Waals surface area contributed by atoms with Crippen molar-refractivity contribution >= 4 is 29.3 Å². The number of rotatable bonds is 14. The average Bonchev–Trinajstić information content (AvgIpc) is 3.03. The van der Waals surface area contributed by atoms with Gasteiger partial charge in [-0.1, -0.05) is 55.0 Å². The maximum atomic E-state index is 12.4. The number of anilines is 1. The lowest BCUT2D eigenvalue weighted by atomic mass is 10.0. The molecule has 2 amide bonds. The molecule has 3 atom stereocenters. The van der Waals surface area contributed by atoms with Gasteiger partial charge < -0.3 is 24.6 Å². The maximum absolute atomic E-state index is 12.4. The van der Waals surface area contributed by atoms with Crippen LogP contribution in [0.4, 0.5) is 5.69 Å². The molecule has 4 N–H and O–H groups in total. The molecule has 1 fully saturated rings. The molecule has 3 aromatic rings. The van der Waals surface area contributed by atoms with Gasteiger partial charge in [0.15, 0.2) is 6.29 Å². The van der Waals surface area contributed by atoms with Crippen molar-refractivity contribution in [1.29, 1.82) is 0 Å². The minimum absolute atomic E-state index is 0.0120. The third-order valence-electron chi connectivity index (χ3n) is 7.01. The quantitative estimate of drug-likeness (QED) is 0.0784. The van der Waals surface area contributed by atoms with Crippen molar-refractivity contribution in [1.82, 2.24) is 5.48 Å². The number of unbranched alkanes of at least 4 members (excludes halogenated alkanes) is 2. The Balaban J connectivity index is 1.38. The summed E-state index contributed by atoms with van der Waals surface area (Å²) in [5, 5.41) is 20.9. The fraction of sp³-hybridized carbons (Fsp3) is 0.375. The molecular formula is C32H38N2O7S. The van der Waals surface area contributed by atoms with Gasteiger partial charge in [-0.15, -0.1) is 11.8 Å². The van der Waals surface area contributed by atoms with Crippen LogP contribution >= 0.6 is 11.8 Å². The fourth-order valence-electron chi connectivity index (χ4n) is 4.69. The third kappa shape index (κ3) is 9.30. The standard InChI is InChI=1S/C32H38N2O7S/c1-39-27-7-5-6-8-29(27)42-21-26-19-28(23-13-11-22(20-35)12-14-23)41-32(40-26)24-15-17-25(18-16-24)33-30(36)9-3-2-4-10-31(37)34-38/h5-8,11-18,26,28,32,35,38H,2-4,9-10,19-21H2,1H3,(H,33,36)(H,34,37)/t26-,28+,32+/m0/s1. The molecule has 0 aliphatic carbocycles. The van der Waals surface area contributed by atoms with Crippen LogP contribution in [0.1, 0.15) is 67.6 Å². The summed E-state index contributed by atoms with van der Waals surface area (Å²) in [6, 6.07) is 23.2. The van der Waals surface area contributed by atoms with Gasteiger partial charge in [0.1, 0.15) is 5.75 Å². The highest BCUT2D eigenvalue weighted by molar-refractivity contribution is 7.99. The molecule has 0 saturated carbocycles. The Morgan fingerprint density at radius 3 is 2.29 bits per heavy atom. The zero-order chi connectivity index (χ0) is 29.7. The van der Waals surface area contributed by atoms with Crippen molar-refractivity contribution < 1.29 is 34.1 Å². The van der Waals surface area contributed by atoms with Crippen LogP contribution in [0.2, 0.25) is 0 Å². The first-order chi connectivity index (χ1) is 20.5. The molecule has 1 heterocycles. The summed E-state index contributed by atoms with van der Waals surface area (Å²) in [5.74, 6) is 1.02. The zero-order valence-corrected chi connectivity index (χ0v) is 24.5. The number of aliphatic hydroxyl groups is 1. The molecule has 42 heavy (non-hydrogen) atoms. The zero-order valence-electron chi connectivity index (χ0n) is 23.7. The second kappa shape index (κ2) is 16.3. The van der Waals surface area contributed by atoms with Crippen LogP contribution in [0.5, 0.6) is 5.75 Å². The Kier molecular flexibility index (Phi) is 12.2. The molecule has 0 bridgehead atoms. The van der Waals surface area contributed by atoms with Crippen molar-refractivity contribution in [2.45, 2.75) is 68.5 Å². The monoisotopic (exact) mass is 594 g/mol. The summed E-state index contributed by atoms with van der Waals surface area (Å²) in [4.78, 5) is 24.5. The van der Waals surface area contributed by atoms with Crippen molar-refractivity contribution in [3.8, 4) is 5.75 Å². The molecule has 224 valence electrons. The topological polar surface area (TPSA) is 126 Å². The smallest absolute Gasteiger partial charge is 0.243 e. The first kappa shape index (κ1) is 31.5. The number of hydroxylamine groups is 1. The van der Waals surface area contributed by atoms with Gasteiger partial charge in [0.25, 0.3) is 0 Å². The Morgan fingerprint density at radius 2 is 1.60 bits per heavy atom. The molecule has 0 spiro atoms. The van der Waals surface area contributed by atoms with E-state index in [0.717, 1.165) is 33.8 Å². The predicted molar refractivity (Wildman–Crippen MR) is 160 cm³/mol. The number of nitrogens with one attached hydrogen (secondary N) is 2. The Hall–Kier alpha value is -3.41. The minimum Gasteiger partial charge on any atom is -0.496 e. The number of para-hydroxylation sites is 1. The summed E-state index contributed by atoms with van der Waals surface area (Å²) in [6.45, 7) is -0.0120. The van der Waals surface area contributed by atoms with E-state index >= 15 is 0 Å². The summed E-state index contributed by atoms with van der Waals surface area (Å²) in [7, 11) is 1.67. The van der Waals surface area contributed by atoms with Crippen LogP contribution in [0.15, 0.2) is 77.7 Å². The van der Waals surface area contributed by atoms with Crippen LogP contribution in [-0.2, 0) is 25.7 Å². The molecule has 1 saturated heterocycles. The second-order valence-electron chi connectivity index (χ2n) is 10.1. The molecule has 4 rings (SSSR count). The van der Waals surface area contributed by atoms with Crippen molar-refractivity contribution in [3.63, 3.8) is 0 Å². The van der Waals surface area contributed by atoms with Crippen LogP contribution in [0.3, 0.4) is 0 Å². The van der Waals surface area contributed by atoms with Gasteiger partial charge in [-0.05, 0) is 48.2 Å². The molecule has 10 heteroatoms. The molecule has 1 aliphatic rings. The normalized spacial score (nSPS) is 18.3. The number of thioether (sulfide) groups is 1. The summed E-state index contributed by atoms with van der Waals surface area (Å²) >= 11 is 1.68. The van der Waals surface area contributed by atoms with E-state index < -0.39 is 12.2 Å². The fourth-order valence-corrected chi connectivity index (χ4v) is 5.74. The number of ether oxygens (including phenoxy) is 3. The number of aliphatic hydroxyl groups excluding tert-OH is 1. The van der Waals surface area contributed by atoms with E-state index in [1.54, 1.807) is 24.4 Å².